The van der Waals surface area contributed by atoms with Crippen molar-refractivity contribution < 1.29 is 21.1 Å². The van der Waals surface area contributed by atoms with Crippen LogP contribution in [0.5, 0.6) is 0 Å². The van der Waals surface area contributed by atoms with Crippen molar-refractivity contribution in [2.24, 2.45) is 0 Å². The van der Waals surface area contributed by atoms with E-state index < -0.39 is 5.41 Å². The fourth-order valence-electron chi connectivity index (χ4n) is 9.29. The molecule has 10 aromatic rings. The van der Waals surface area contributed by atoms with Gasteiger partial charge in [-0.1, -0.05) is 108 Å². The van der Waals surface area contributed by atoms with E-state index in [0.717, 1.165) is 89.8 Å². The van der Waals surface area contributed by atoms with E-state index in [2.05, 4.69) is 222 Å². The first-order chi connectivity index (χ1) is 30.5. The molecule has 0 unspecified atom stereocenters. The van der Waals surface area contributed by atoms with Crippen LogP contribution in [0.1, 0.15) is 58.9 Å². The number of hydrogen-bond acceptors (Lipinski definition) is 3. The summed E-state index contributed by atoms with van der Waals surface area (Å²) in [7, 11) is 0. The van der Waals surface area contributed by atoms with E-state index in [1.54, 1.807) is 0 Å². The number of hydrogen-bond donors (Lipinski definition) is 0. The van der Waals surface area contributed by atoms with Crippen LogP contribution < -0.4 is 0 Å². The first-order valence-corrected chi connectivity index (χ1v) is 21.7. The standard InChI is InChI=1S/C58H49N5.Pt/c1-36-17-14-18-37(2)54(36)45-23-16-24-46(31-45)56-61-53(35-63(56)51-26-13-12-25-48(51)42-21-10-9-11-22-42)58(7,8)52-34-47(55-38(3)19-15-20-39(55)4)33-50(60-52)44-28-27-43-29-30-62-41(6)40(5)59-57(62)49(43)32-44;/h9-23,25-27,29-35H,1-8H3;/q-2;+2. The van der Waals surface area contributed by atoms with E-state index in [4.69, 9.17) is 15.0 Å². The van der Waals surface area contributed by atoms with Crippen LogP contribution in [0.2, 0.25) is 0 Å². The molecule has 0 bridgehead atoms. The van der Waals surface area contributed by atoms with Crippen molar-refractivity contribution in [2.75, 3.05) is 0 Å². The van der Waals surface area contributed by atoms with E-state index in [9.17, 15) is 0 Å². The summed E-state index contributed by atoms with van der Waals surface area (Å²) in [5, 5.41) is 2.16. The Labute approximate surface area is 390 Å². The largest absolute Gasteiger partial charge is 2.00 e. The van der Waals surface area contributed by atoms with Crippen LogP contribution >= 0.6 is 0 Å². The summed E-state index contributed by atoms with van der Waals surface area (Å²) >= 11 is 0. The summed E-state index contributed by atoms with van der Waals surface area (Å²) in [4.78, 5) is 16.2. The normalized spacial score (nSPS) is 11.6. The van der Waals surface area contributed by atoms with Crippen LogP contribution in [0.25, 0.3) is 78.1 Å². The van der Waals surface area contributed by atoms with Gasteiger partial charge in [0.1, 0.15) is 5.65 Å². The van der Waals surface area contributed by atoms with Gasteiger partial charge in [-0.05, 0) is 118 Å². The van der Waals surface area contributed by atoms with E-state index in [1.165, 1.54) is 33.4 Å². The summed E-state index contributed by atoms with van der Waals surface area (Å²) in [6.07, 6.45) is 4.32. The first kappa shape index (κ1) is 42.6. The molecule has 0 spiro atoms. The Bertz CT molecular complexity index is 3350. The predicted octanol–water partition coefficient (Wildman–Crippen LogP) is 14.2. The van der Waals surface area contributed by atoms with Crippen molar-refractivity contribution >= 4 is 16.4 Å². The molecular weight excluding hydrogens is 962 g/mol. The molecule has 4 aromatic heterocycles. The molecule has 6 heteroatoms. The summed E-state index contributed by atoms with van der Waals surface area (Å²) in [6.45, 7) is 17.4. The molecule has 10 rings (SSSR count). The Kier molecular flexibility index (Phi) is 11.2. The number of imidazole rings is 2. The van der Waals surface area contributed by atoms with Gasteiger partial charge < -0.3 is 14.0 Å². The molecule has 0 saturated carbocycles. The predicted molar refractivity (Wildman–Crippen MR) is 259 cm³/mol. The smallest absolute Gasteiger partial charge is 0.339 e. The van der Waals surface area contributed by atoms with Gasteiger partial charge in [-0.3, -0.25) is 4.98 Å². The van der Waals surface area contributed by atoms with Gasteiger partial charge in [-0.2, -0.15) is 0 Å². The molecule has 0 aliphatic rings. The van der Waals surface area contributed by atoms with Gasteiger partial charge in [0.15, 0.2) is 0 Å². The zero-order valence-corrected chi connectivity index (χ0v) is 39.8. The molecular formula is C58H49N5Pt. The Morgan fingerprint density at radius 1 is 0.562 bits per heavy atom. The number of aromatic nitrogens is 5. The fraction of sp³-hybridized carbons (Fsp3) is 0.155. The van der Waals surface area contributed by atoms with Crippen LogP contribution in [-0.4, -0.2) is 23.9 Å². The Morgan fingerprint density at radius 2 is 1.23 bits per heavy atom. The second kappa shape index (κ2) is 16.8. The molecule has 5 nitrogen and oxygen atoms in total. The maximum Gasteiger partial charge on any atom is 2.00 e. The average molecular weight is 1010 g/mol. The van der Waals surface area contributed by atoms with Gasteiger partial charge in [-0.15, -0.1) is 59.2 Å². The van der Waals surface area contributed by atoms with Gasteiger partial charge >= 0.3 is 21.1 Å². The Morgan fingerprint density at radius 3 is 1.95 bits per heavy atom. The van der Waals surface area contributed by atoms with Gasteiger partial charge in [0.2, 0.25) is 0 Å². The number of nitrogens with zero attached hydrogens (tertiary/aromatic N) is 5. The minimum absolute atomic E-state index is 0. The molecule has 0 fully saturated rings. The Balaban J connectivity index is 0.00000518. The van der Waals surface area contributed by atoms with Gasteiger partial charge in [0.25, 0.3) is 0 Å². The molecule has 64 heavy (non-hydrogen) atoms. The number of aryl methyl sites for hydroxylation is 6. The van der Waals surface area contributed by atoms with Crippen molar-refractivity contribution in [1.29, 1.82) is 0 Å². The van der Waals surface area contributed by atoms with Crippen molar-refractivity contribution in [3.8, 4) is 61.7 Å². The van der Waals surface area contributed by atoms with Gasteiger partial charge in [-0.25, -0.2) is 4.98 Å². The van der Waals surface area contributed by atoms with Crippen LogP contribution in [0.3, 0.4) is 0 Å². The number of rotatable bonds is 8. The monoisotopic (exact) mass is 1010 g/mol. The molecule has 4 heterocycles. The number of fused-ring (bicyclic) bond motifs is 3. The third kappa shape index (κ3) is 7.42. The summed E-state index contributed by atoms with van der Waals surface area (Å²) in [5.41, 5.74) is 19.9. The average Bonchev–Trinajstić information content (AvgIpc) is 3.88. The van der Waals surface area contributed by atoms with Crippen LogP contribution in [-0.2, 0) is 26.5 Å². The maximum atomic E-state index is 5.62. The third-order valence-electron chi connectivity index (χ3n) is 12.9. The zero-order chi connectivity index (χ0) is 43.6. The van der Waals surface area contributed by atoms with Crippen molar-refractivity contribution in [1.82, 2.24) is 23.9 Å². The van der Waals surface area contributed by atoms with Crippen LogP contribution in [0, 0.1) is 53.7 Å². The molecule has 0 amide bonds. The molecule has 316 valence electrons. The van der Waals surface area contributed by atoms with Crippen molar-refractivity contribution in [2.45, 2.75) is 60.8 Å². The summed E-state index contributed by atoms with van der Waals surface area (Å²) < 4.78 is 4.43. The van der Waals surface area contributed by atoms with Gasteiger partial charge in [0.05, 0.1) is 17.2 Å². The van der Waals surface area contributed by atoms with E-state index in [0.29, 0.717) is 0 Å². The molecule has 0 radical (unpaired) electrons. The molecule has 0 N–H and O–H groups in total. The number of pyridine rings is 2. The second-order valence-corrected chi connectivity index (χ2v) is 17.5. The molecule has 0 saturated heterocycles. The first-order valence-electron chi connectivity index (χ1n) is 21.7. The Hall–Kier alpha value is -6.68. The zero-order valence-electron chi connectivity index (χ0n) is 37.5. The topological polar surface area (TPSA) is 48.0 Å². The quantitative estimate of drug-likeness (QED) is 0.143. The molecule has 0 aliphatic heterocycles. The van der Waals surface area contributed by atoms with Crippen molar-refractivity contribution in [3.63, 3.8) is 0 Å². The second-order valence-electron chi connectivity index (χ2n) is 17.5. The molecule has 0 atom stereocenters. The number of benzene rings is 6. The maximum absolute atomic E-state index is 5.62. The minimum atomic E-state index is -0.644. The minimum Gasteiger partial charge on any atom is -0.339 e. The van der Waals surface area contributed by atoms with E-state index in [-0.39, 0.29) is 21.1 Å². The third-order valence-corrected chi connectivity index (χ3v) is 12.9. The van der Waals surface area contributed by atoms with Crippen LogP contribution in [0.4, 0.5) is 0 Å². The van der Waals surface area contributed by atoms with Crippen molar-refractivity contribution in [3.05, 3.63) is 209 Å². The summed E-state index contributed by atoms with van der Waals surface area (Å²) in [6, 6.07) is 56.7. The summed E-state index contributed by atoms with van der Waals surface area (Å²) in [5.74, 6) is 0.817. The van der Waals surface area contributed by atoms with E-state index in [1.807, 2.05) is 6.07 Å². The number of para-hydroxylation sites is 1. The van der Waals surface area contributed by atoms with E-state index >= 15 is 0 Å². The molecule has 6 aromatic carbocycles. The SMILES string of the molecule is Cc1cccc(C)c1-c1cc[c-]c(-c2nc(C(C)(C)c3cc(-c4c(C)cccc4C)cc(-c4[c-]cc5ccn6c(C)c(C)nc6c5c4)n3)cn2-c2ccccc2-c2ccccc2)c1.[Pt+2]. The molecule has 0 aliphatic carbocycles. The van der Waals surface area contributed by atoms with Crippen LogP contribution in [0.15, 0.2) is 152 Å². The van der Waals surface area contributed by atoms with Gasteiger partial charge in [0, 0.05) is 40.4 Å². The fourth-order valence-corrected chi connectivity index (χ4v) is 9.29.